The highest BCUT2D eigenvalue weighted by Crippen LogP contribution is 2.30. The van der Waals surface area contributed by atoms with Crippen LogP contribution in [0.1, 0.15) is 18.9 Å². The summed E-state index contributed by atoms with van der Waals surface area (Å²) in [4.78, 5) is 38.6. The highest BCUT2D eigenvalue weighted by atomic mass is 35.5. The lowest BCUT2D eigenvalue weighted by molar-refractivity contribution is -0.131. The number of nitrogens with zero attached hydrogens (tertiary/aromatic N) is 2. The first kappa shape index (κ1) is 18.3. The van der Waals surface area contributed by atoms with Crippen molar-refractivity contribution >= 4 is 34.6 Å². The molecule has 0 aliphatic carbocycles. The van der Waals surface area contributed by atoms with Crippen molar-refractivity contribution in [2.75, 3.05) is 6.54 Å². The van der Waals surface area contributed by atoms with Crippen LogP contribution in [0.4, 0.5) is 4.79 Å². The number of aryl methyl sites for hydroxylation is 1. The van der Waals surface area contributed by atoms with E-state index in [1.807, 2.05) is 6.07 Å². The summed E-state index contributed by atoms with van der Waals surface area (Å²) in [6.45, 7) is 2.18. The molecule has 1 unspecified atom stereocenters. The molecule has 1 N–H and O–H groups in total. The zero-order valence-corrected chi connectivity index (χ0v) is 15.9. The van der Waals surface area contributed by atoms with Gasteiger partial charge >= 0.3 is 11.8 Å². The van der Waals surface area contributed by atoms with Gasteiger partial charge in [-0.2, -0.15) is 0 Å². The highest BCUT2D eigenvalue weighted by molar-refractivity contribution is 6.30. The minimum Gasteiger partial charge on any atom is -0.408 e. The molecule has 2 aromatic carbocycles. The second-order valence-electron chi connectivity index (χ2n) is 6.86. The maximum Gasteiger partial charge on any atom is 0.419 e. The minimum absolute atomic E-state index is 0.187. The van der Waals surface area contributed by atoms with Crippen molar-refractivity contribution < 1.29 is 14.0 Å². The molecule has 1 aliphatic rings. The molecule has 1 saturated heterocycles. The normalized spacial score (nSPS) is 19.4. The molecule has 3 amide bonds. The number of hydrogen-bond acceptors (Lipinski definition) is 4. The molecule has 4 rings (SSSR count). The number of nitrogens with one attached hydrogen (secondary N) is 1. The summed E-state index contributed by atoms with van der Waals surface area (Å²) in [7, 11) is 0. The van der Waals surface area contributed by atoms with Crippen LogP contribution in [0.25, 0.3) is 11.1 Å². The van der Waals surface area contributed by atoms with Crippen molar-refractivity contribution in [1.29, 1.82) is 0 Å². The van der Waals surface area contributed by atoms with Crippen molar-refractivity contribution in [2.45, 2.75) is 25.4 Å². The summed E-state index contributed by atoms with van der Waals surface area (Å²) < 4.78 is 6.70. The van der Waals surface area contributed by atoms with Crippen LogP contribution < -0.4 is 11.1 Å². The maximum absolute atomic E-state index is 12.9. The number of aromatic nitrogens is 1. The fourth-order valence-electron chi connectivity index (χ4n) is 3.51. The summed E-state index contributed by atoms with van der Waals surface area (Å²) in [6, 6.07) is 13.5. The molecule has 2 heterocycles. The first-order valence-electron chi connectivity index (χ1n) is 8.89. The van der Waals surface area contributed by atoms with Gasteiger partial charge in [-0.1, -0.05) is 35.9 Å². The Balaban J connectivity index is 1.49. The Morgan fingerprint density at radius 2 is 1.86 bits per heavy atom. The summed E-state index contributed by atoms with van der Waals surface area (Å²) in [6.07, 6.45) is 0.425. The number of fused-ring (bicyclic) bond motifs is 1. The summed E-state index contributed by atoms with van der Waals surface area (Å²) in [5.74, 6) is -0.800. The van der Waals surface area contributed by atoms with Crippen LogP contribution in [-0.4, -0.2) is 28.0 Å². The van der Waals surface area contributed by atoms with Gasteiger partial charge in [-0.3, -0.25) is 14.3 Å². The van der Waals surface area contributed by atoms with Gasteiger partial charge in [-0.25, -0.2) is 9.59 Å². The topological polar surface area (TPSA) is 84.6 Å². The van der Waals surface area contributed by atoms with Crippen molar-refractivity contribution in [3.05, 3.63) is 69.7 Å². The number of amides is 3. The average molecular weight is 400 g/mol. The number of benzene rings is 2. The molecule has 0 saturated carbocycles. The van der Waals surface area contributed by atoms with Gasteiger partial charge in [-0.15, -0.1) is 0 Å². The number of hydrogen-bond donors (Lipinski definition) is 1. The van der Waals surface area contributed by atoms with E-state index in [0.29, 0.717) is 34.7 Å². The van der Waals surface area contributed by atoms with E-state index in [9.17, 15) is 14.4 Å². The van der Waals surface area contributed by atoms with Crippen LogP contribution in [0.5, 0.6) is 0 Å². The minimum atomic E-state index is -1.17. The second kappa shape index (κ2) is 6.83. The molecule has 0 bridgehead atoms. The predicted molar refractivity (Wildman–Crippen MR) is 104 cm³/mol. The number of carbonyl (C=O) groups is 2. The van der Waals surface area contributed by atoms with Gasteiger partial charge in [0.1, 0.15) is 5.54 Å². The summed E-state index contributed by atoms with van der Waals surface area (Å²) in [5.41, 5.74) is 0.656. The van der Waals surface area contributed by atoms with Crippen LogP contribution in [-0.2, 0) is 16.9 Å². The average Bonchev–Trinajstić information content (AvgIpc) is 3.10. The number of carbonyl (C=O) groups excluding carboxylic acids is 2. The van der Waals surface area contributed by atoms with Gasteiger partial charge in [0.05, 0.1) is 5.52 Å². The number of rotatable bonds is 5. The van der Waals surface area contributed by atoms with Crippen LogP contribution in [0.15, 0.2) is 57.7 Å². The van der Waals surface area contributed by atoms with E-state index in [2.05, 4.69) is 5.32 Å². The molecule has 144 valence electrons. The van der Waals surface area contributed by atoms with Crippen LogP contribution in [0.2, 0.25) is 5.02 Å². The smallest absolute Gasteiger partial charge is 0.408 e. The Labute approximate surface area is 165 Å². The van der Waals surface area contributed by atoms with Crippen molar-refractivity contribution in [3.63, 3.8) is 0 Å². The largest absolute Gasteiger partial charge is 0.419 e. The fraction of sp³-hybridized carbons (Fsp3) is 0.250. The van der Waals surface area contributed by atoms with Crippen molar-refractivity contribution in [2.24, 2.45) is 0 Å². The van der Waals surface area contributed by atoms with Gasteiger partial charge in [0.15, 0.2) is 5.58 Å². The summed E-state index contributed by atoms with van der Waals surface area (Å²) in [5, 5.41) is 3.24. The fourth-order valence-corrected chi connectivity index (χ4v) is 3.70. The Kier molecular flexibility index (Phi) is 4.47. The number of urea groups is 1. The van der Waals surface area contributed by atoms with E-state index in [-0.39, 0.29) is 12.5 Å². The second-order valence-corrected chi connectivity index (χ2v) is 7.30. The third-order valence-electron chi connectivity index (χ3n) is 5.01. The predicted octanol–water partition coefficient (Wildman–Crippen LogP) is 3.11. The Morgan fingerprint density at radius 3 is 2.64 bits per heavy atom. The van der Waals surface area contributed by atoms with Gasteiger partial charge in [0.25, 0.3) is 5.91 Å². The molecular weight excluding hydrogens is 382 g/mol. The third kappa shape index (κ3) is 2.97. The van der Waals surface area contributed by atoms with E-state index in [0.717, 1.165) is 0 Å². The van der Waals surface area contributed by atoms with Gasteiger partial charge in [-0.05, 0) is 43.2 Å². The maximum atomic E-state index is 12.9. The van der Waals surface area contributed by atoms with Gasteiger partial charge in [0, 0.05) is 18.1 Å². The lowest BCUT2D eigenvalue weighted by Gasteiger charge is -2.22. The lowest BCUT2D eigenvalue weighted by atomic mass is 9.92. The Hall–Kier alpha value is -3.06. The van der Waals surface area contributed by atoms with E-state index in [1.54, 1.807) is 49.4 Å². The number of oxazole rings is 1. The van der Waals surface area contributed by atoms with E-state index in [1.165, 1.54) is 9.47 Å². The monoisotopic (exact) mass is 399 g/mol. The first-order valence-corrected chi connectivity index (χ1v) is 9.26. The molecule has 7 nitrogen and oxygen atoms in total. The van der Waals surface area contributed by atoms with E-state index in [4.69, 9.17) is 16.0 Å². The Morgan fingerprint density at radius 1 is 1.07 bits per heavy atom. The molecule has 0 radical (unpaired) electrons. The van der Waals surface area contributed by atoms with Gasteiger partial charge < -0.3 is 9.73 Å². The van der Waals surface area contributed by atoms with Gasteiger partial charge in [0.2, 0.25) is 0 Å². The molecule has 1 aliphatic heterocycles. The molecule has 1 fully saturated rings. The number of halogens is 1. The standard InChI is InChI=1S/C20H18ClN3O4/c1-20(13-6-4-7-14(21)12-13)17(25)24(18(26)22-20)11-5-10-23-15-8-2-3-9-16(15)28-19(23)27/h2-4,6-9,12H,5,10-11H2,1H3,(H,22,26). The summed E-state index contributed by atoms with van der Waals surface area (Å²) >= 11 is 6.03. The highest BCUT2D eigenvalue weighted by Gasteiger charge is 2.48. The van der Waals surface area contributed by atoms with Crippen molar-refractivity contribution in [1.82, 2.24) is 14.8 Å². The lowest BCUT2D eigenvalue weighted by Crippen LogP contribution is -2.41. The third-order valence-corrected chi connectivity index (χ3v) is 5.25. The SMILES string of the molecule is CC1(c2cccc(Cl)c2)NC(=O)N(CCCn2c(=O)oc3ccccc32)C1=O. The molecule has 8 heteroatoms. The molecule has 0 spiro atoms. The molecule has 3 aromatic rings. The quantitative estimate of drug-likeness (QED) is 0.668. The van der Waals surface area contributed by atoms with E-state index < -0.39 is 17.3 Å². The van der Waals surface area contributed by atoms with Crippen molar-refractivity contribution in [3.8, 4) is 0 Å². The zero-order valence-electron chi connectivity index (χ0n) is 15.1. The van der Waals surface area contributed by atoms with Crippen LogP contribution >= 0.6 is 11.6 Å². The number of para-hydroxylation sites is 2. The number of imide groups is 1. The van der Waals surface area contributed by atoms with Crippen LogP contribution in [0.3, 0.4) is 0 Å². The molecule has 28 heavy (non-hydrogen) atoms. The van der Waals surface area contributed by atoms with E-state index >= 15 is 0 Å². The molecular formula is C20H18ClN3O4. The molecule has 1 aromatic heterocycles. The Bertz CT molecular complexity index is 1140. The zero-order chi connectivity index (χ0) is 19.9. The first-order chi connectivity index (χ1) is 13.4. The molecule has 1 atom stereocenters. The van der Waals surface area contributed by atoms with Crippen LogP contribution in [0, 0.1) is 0 Å².